The molecule has 5 heteroatoms. The molecule has 0 aromatic rings. The quantitative estimate of drug-likeness (QED) is 0.704. The zero-order valence-corrected chi connectivity index (χ0v) is 10.3. The van der Waals surface area contributed by atoms with Gasteiger partial charge in [-0.3, -0.25) is 9.69 Å². The standard InChI is InChI=1S/C11H22N2O3/c1-8(2)13-4-5-16-10(7-13)6-12-9(3)11(14)15/h8-10,12H,4-7H2,1-3H3,(H,14,15). The molecular weight excluding hydrogens is 208 g/mol. The maximum Gasteiger partial charge on any atom is 0.320 e. The van der Waals surface area contributed by atoms with Gasteiger partial charge in [-0.05, 0) is 20.8 Å². The minimum Gasteiger partial charge on any atom is -0.480 e. The molecule has 2 N–H and O–H groups in total. The Kier molecular flexibility index (Phi) is 5.18. The van der Waals surface area contributed by atoms with Gasteiger partial charge in [-0.25, -0.2) is 0 Å². The zero-order chi connectivity index (χ0) is 12.1. The Labute approximate surface area is 96.8 Å². The lowest BCUT2D eigenvalue weighted by Gasteiger charge is -2.35. The van der Waals surface area contributed by atoms with Gasteiger partial charge in [0.25, 0.3) is 0 Å². The lowest BCUT2D eigenvalue weighted by molar-refractivity contribution is -0.139. The van der Waals surface area contributed by atoms with Gasteiger partial charge in [0.05, 0.1) is 12.7 Å². The van der Waals surface area contributed by atoms with Crippen LogP contribution < -0.4 is 5.32 Å². The van der Waals surface area contributed by atoms with Crippen LogP contribution in [0.2, 0.25) is 0 Å². The normalized spacial score (nSPS) is 24.6. The highest BCUT2D eigenvalue weighted by molar-refractivity contribution is 5.72. The fourth-order valence-corrected chi connectivity index (χ4v) is 1.73. The van der Waals surface area contributed by atoms with Crippen molar-refractivity contribution in [1.82, 2.24) is 10.2 Å². The van der Waals surface area contributed by atoms with Crippen LogP contribution in [0.4, 0.5) is 0 Å². The highest BCUT2D eigenvalue weighted by Crippen LogP contribution is 2.08. The van der Waals surface area contributed by atoms with Crippen molar-refractivity contribution in [2.75, 3.05) is 26.2 Å². The molecule has 2 unspecified atom stereocenters. The van der Waals surface area contributed by atoms with E-state index in [0.717, 1.165) is 19.7 Å². The summed E-state index contributed by atoms with van der Waals surface area (Å²) in [5.74, 6) is -0.823. The Morgan fingerprint density at radius 3 is 2.81 bits per heavy atom. The molecule has 1 rings (SSSR count). The van der Waals surface area contributed by atoms with Crippen molar-refractivity contribution in [2.24, 2.45) is 0 Å². The number of rotatable bonds is 5. The van der Waals surface area contributed by atoms with Gasteiger partial charge in [0.1, 0.15) is 6.04 Å². The summed E-state index contributed by atoms with van der Waals surface area (Å²) in [5.41, 5.74) is 0. The van der Waals surface area contributed by atoms with Crippen molar-refractivity contribution in [3.05, 3.63) is 0 Å². The van der Waals surface area contributed by atoms with Crippen molar-refractivity contribution >= 4 is 5.97 Å². The maximum atomic E-state index is 10.6. The number of carboxylic acid groups (broad SMARTS) is 1. The lowest BCUT2D eigenvalue weighted by atomic mass is 10.2. The fraction of sp³-hybridized carbons (Fsp3) is 0.909. The number of aliphatic carboxylic acids is 1. The summed E-state index contributed by atoms with van der Waals surface area (Å²) in [6.45, 7) is 9.12. The van der Waals surface area contributed by atoms with Gasteiger partial charge < -0.3 is 15.2 Å². The minimum atomic E-state index is -0.823. The monoisotopic (exact) mass is 230 g/mol. The summed E-state index contributed by atoms with van der Waals surface area (Å²) in [7, 11) is 0. The van der Waals surface area contributed by atoms with E-state index in [0.29, 0.717) is 12.6 Å². The Hall–Kier alpha value is -0.650. The first-order chi connectivity index (χ1) is 7.50. The molecule has 16 heavy (non-hydrogen) atoms. The predicted molar refractivity (Wildman–Crippen MR) is 61.5 cm³/mol. The van der Waals surface area contributed by atoms with Gasteiger partial charge in [-0.1, -0.05) is 0 Å². The second kappa shape index (κ2) is 6.18. The second-order valence-corrected chi connectivity index (χ2v) is 4.55. The first-order valence-electron chi connectivity index (χ1n) is 5.82. The molecule has 1 aliphatic heterocycles. The van der Waals surface area contributed by atoms with E-state index in [-0.39, 0.29) is 6.10 Å². The Balaban J connectivity index is 2.29. The molecule has 1 fully saturated rings. The van der Waals surface area contributed by atoms with Crippen LogP contribution in [0.5, 0.6) is 0 Å². The topological polar surface area (TPSA) is 61.8 Å². The fourth-order valence-electron chi connectivity index (χ4n) is 1.73. The smallest absolute Gasteiger partial charge is 0.320 e. The largest absolute Gasteiger partial charge is 0.480 e. The van der Waals surface area contributed by atoms with Gasteiger partial charge in [0.15, 0.2) is 0 Å². The highest BCUT2D eigenvalue weighted by atomic mass is 16.5. The molecule has 0 aromatic carbocycles. The first-order valence-corrected chi connectivity index (χ1v) is 5.82. The van der Waals surface area contributed by atoms with Crippen molar-refractivity contribution in [3.8, 4) is 0 Å². The van der Waals surface area contributed by atoms with E-state index in [4.69, 9.17) is 9.84 Å². The van der Waals surface area contributed by atoms with E-state index in [1.807, 2.05) is 0 Å². The Bertz CT molecular complexity index is 233. The number of morpholine rings is 1. The van der Waals surface area contributed by atoms with Crippen LogP contribution in [0.3, 0.4) is 0 Å². The number of carbonyl (C=O) groups is 1. The maximum absolute atomic E-state index is 10.6. The summed E-state index contributed by atoms with van der Waals surface area (Å²) in [6, 6.07) is 0.00123. The minimum absolute atomic E-state index is 0.0953. The number of nitrogens with one attached hydrogen (secondary N) is 1. The molecule has 0 saturated carbocycles. The average molecular weight is 230 g/mol. The molecule has 0 aromatic heterocycles. The molecule has 5 nitrogen and oxygen atoms in total. The predicted octanol–water partition coefficient (Wildman–Crippen LogP) is 0.158. The van der Waals surface area contributed by atoms with Crippen LogP contribution in [0.1, 0.15) is 20.8 Å². The number of hydrogen-bond donors (Lipinski definition) is 2. The molecular formula is C11H22N2O3. The summed E-state index contributed by atoms with van der Waals surface area (Å²) in [6.07, 6.45) is 0.0953. The van der Waals surface area contributed by atoms with Gasteiger partial charge in [0, 0.05) is 25.7 Å². The average Bonchev–Trinajstić information content (AvgIpc) is 2.26. The Morgan fingerprint density at radius 2 is 2.25 bits per heavy atom. The third kappa shape index (κ3) is 4.08. The molecule has 0 aliphatic carbocycles. The lowest BCUT2D eigenvalue weighted by Crippen LogP contribution is -2.50. The number of hydrogen-bond acceptors (Lipinski definition) is 4. The van der Waals surface area contributed by atoms with Crippen LogP contribution in [0.25, 0.3) is 0 Å². The van der Waals surface area contributed by atoms with Crippen LogP contribution in [-0.2, 0) is 9.53 Å². The molecule has 1 saturated heterocycles. The first kappa shape index (κ1) is 13.4. The molecule has 1 heterocycles. The molecule has 0 spiro atoms. The highest BCUT2D eigenvalue weighted by Gasteiger charge is 2.23. The SMILES string of the molecule is CC(NCC1CN(C(C)C)CCO1)C(=O)O. The second-order valence-electron chi connectivity index (χ2n) is 4.55. The van der Waals surface area contributed by atoms with Crippen molar-refractivity contribution in [1.29, 1.82) is 0 Å². The van der Waals surface area contributed by atoms with Crippen LogP contribution >= 0.6 is 0 Å². The number of carboxylic acids is 1. The van der Waals surface area contributed by atoms with Crippen LogP contribution in [-0.4, -0.2) is 60.4 Å². The molecule has 0 radical (unpaired) electrons. The van der Waals surface area contributed by atoms with Crippen molar-refractivity contribution in [2.45, 2.75) is 39.0 Å². The summed E-state index contributed by atoms with van der Waals surface area (Å²) in [4.78, 5) is 13.0. The van der Waals surface area contributed by atoms with Crippen LogP contribution in [0, 0.1) is 0 Å². The third-order valence-corrected chi connectivity index (χ3v) is 2.92. The van der Waals surface area contributed by atoms with Gasteiger partial charge in [-0.15, -0.1) is 0 Å². The van der Waals surface area contributed by atoms with E-state index in [2.05, 4.69) is 24.1 Å². The Morgan fingerprint density at radius 1 is 1.56 bits per heavy atom. The zero-order valence-electron chi connectivity index (χ0n) is 10.3. The van der Waals surface area contributed by atoms with Crippen molar-refractivity contribution in [3.63, 3.8) is 0 Å². The van der Waals surface area contributed by atoms with E-state index in [1.165, 1.54) is 0 Å². The number of ether oxygens (including phenoxy) is 1. The number of nitrogens with zero attached hydrogens (tertiary/aromatic N) is 1. The molecule has 1 aliphatic rings. The van der Waals surface area contributed by atoms with E-state index in [9.17, 15) is 4.79 Å². The van der Waals surface area contributed by atoms with E-state index in [1.54, 1.807) is 6.92 Å². The van der Waals surface area contributed by atoms with E-state index < -0.39 is 12.0 Å². The molecule has 94 valence electrons. The van der Waals surface area contributed by atoms with Gasteiger partial charge >= 0.3 is 5.97 Å². The van der Waals surface area contributed by atoms with Gasteiger partial charge in [-0.2, -0.15) is 0 Å². The van der Waals surface area contributed by atoms with E-state index >= 15 is 0 Å². The molecule has 0 bridgehead atoms. The summed E-state index contributed by atoms with van der Waals surface area (Å²) in [5, 5.41) is 11.7. The summed E-state index contributed by atoms with van der Waals surface area (Å²) < 4.78 is 5.59. The third-order valence-electron chi connectivity index (χ3n) is 2.92. The molecule has 0 amide bonds. The summed E-state index contributed by atoms with van der Waals surface area (Å²) >= 11 is 0. The van der Waals surface area contributed by atoms with Crippen molar-refractivity contribution < 1.29 is 14.6 Å². The molecule has 2 atom stereocenters. The van der Waals surface area contributed by atoms with Gasteiger partial charge in [0.2, 0.25) is 0 Å². The van der Waals surface area contributed by atoms with Crippen LogP contribution in [0.15, 0.2) is 0 Å².